The highest BCUT2D eigenvalue weighted by atomic mass is 127. The zero-order chi connectivity index (χ0) is 18.5. The van der Waals surface area contributed by atoms with E-state index in [4.69, 9.17) is 14.2 Å². The Kier molecular flexibility index (Phi) is 14.5. The summed E-state index contributed by atoms with van der Waals surface area (Å²) in [5, 5.41) is 6.80. The first-order valence-corrected chi connectivity index (χ1v) is 10.2. The first-order chi connectivity index (χ1) is 12.8. The van der Waals surface area contributed by atoms with Crippen molar-refractivity contribution in [2.24, 2.45) is 16.8 Å². The van der Waals surface area contributed by atoms with E-state index < -0.39 is 0 Å². The summed E-state index contributed by atoms with van der Waals surface area (Å²) in [5.74, 6) is 2.14. The molecule has 0 amide bonds. The number of nitrogens with one attached hydrogen (secondary N) is 2. The van der Waals surface area contributed by atoms with Crippen LogP contribution in [0.3, 0.4) is 0 Å². The molecule has 2 aliphatic heterocycles. The topological polar surface area (TPSA) is 67.4 Å². The van der Waals surface area contributed by atoms with Crippen LogP contribution in [0.4, 0.5) is 0 Å². The Morgan fingerprint density at radius 3 is 2.56 bits per heavy atom. The van der Waals surface area contributed by atoms with Gasteiger partial charge in [0.25, 0.3) is 0 Å². The molecule has 0 aliphatic carbocycles. The van der Waals surface area contributed by atoms with E-state index in [-0.39, 0.29) is 24.0 Å². The largest absolute Gasteiger partial charge is 0.381 e. The number of halogens is 1. The molecule has 160 valence electrons. The van der Waals surface area contributed by atoms with Gasteiger partial charge in [-0.1, -0.05) is 6.92 Å². The molecule has 0 aromatic heterocycles. The number of hydrogen-bond donors (Lipinski definition) is 2. The van der Waals surface area contributed by atoms with E-state index in [1.165, 1.54) is 0 Å². The molecule has 2 N–H and O–H groups in total. The smallest absolute Gasteiger partial charge is 0.190 e. The predicted octanol–water partition coefficient (Wildman–Crippen LogP) is 1.57. The molecule has 27 heavy (non-hydrogen) atoms. The van der Waals surface area contributed by atoms with Crippen LogP contribution in [-0.2, 0) is 14.2 Å². The fourth-order valence-corrected chi connectivity index (χ4v) is 3.32. The molecule has 0 aromatic rings. The minimum Gasteiger partial charge on any atom is -0.381 e. The Morgan fingerprint density at radius 1 is 1.15 bits per heavy atom. The number of morpholine rings is 1. The van der Waals surface area contributed by atoms with Crippen LogP contribution in [0, 0.1) is 11.8 Å². The minimum absolute atomic E-state index is 0. The van der Waals surface area contributed by atoms with Crippen LogP contribution in [0.25, 0.3) is 0 Å². The third kappa shape index (κ3) is 11.4. The molecule has 2 fully saturated rings. The SMILES string of the molecule is CN=C(NCCCOCC1CCOCC1)NCC(C)CN1CCOCC1.I. The van der Waals surface area contributed by atoms with Crippen molar-refractivity contribution >= 4 is 29.9 Å². The van der Waals surface area contributed by atoms with E-state index in [2.05, 4.69) is 27.4 Å². The maximum absolute atomic E-state index is 5.80. The van der Waals surface area contributed by atoms with Crippen LogP contribution < -0.4 is 10.6 Å². The van der Waals surface area contributed by atoms with Crippen LogP contribution in [0.1, 0.15) is 26.2 Å². The fraction of sp³-hybridized carbons (Fsp3) is 0.947. The zero-order valence-corrected chi connectivity index (χ0v) is 19.4. The van der Waals surface area contributed by atoms with E-state index in [9.17, 15) is 0 Å². The van der Waals surface area contributed by atoms with E-state index in [1.54, 1.807) is 0 Å². The summed E-state index contributed by atoms with van der Waals surface area (Å²) >= 11 is 0. The molecular formula is C19H39IN4O3. The Bertz CT molecular complexity index is 389. The van der Waals surface area contributed by atoms with Crippen molar-refractivity contribution in [3.05, 3.63) is 0 Å². The summed E-state index contributed by atoms with van der Waals surface area (Å²) in [4.78, 5) is 6.78. The normalized spacial score (nSPS) is 20.7. The van der Waals surface area contributed by atoms with Crippen molar-refractivity contribution < 1.29 is 14.2 Å². The number of aliphatic imine (C=N–C) groups is 1. The average Bonchev–Trinajstić information content (AvgIpc) is 2.68. The van der Waals surface area contributed by atoms with Crippen molar-refractivity contribution in [2.45, 2.75) is 26.2 Å². The quantitative estimate of drug-likeness (QED) is 0.206. The number of guanidine groups is 1. The second-order valence-electron chi connectivity index (χ2n) is 7.38. The van der Waals surface area contributed by atoms with Gasteiger partial charge in [-0.2, -0.15) is 0 Å². The molecule has 0 bridgehead atoms. The first-order valence-electron chi connectivity index (χ1n) is 10.2. The third-order valence-electron chi connectivity index (χ3n) is 4.97. The molecule has 2 heterocycles. The molecule has 1 atom stereocenters. The molecule has 2 saturated heterocycles. The molecule has 2 rings (SSSR count). The van der Waals surface area contributed by atoms with Gasteiger partial charge in [0.1, 0.15) is 0 Å². The Hall–Kier alpha value is -0.160. The molecule has 0 aromatic carbocycles. The maximum atomic E-state index is 5.80. The fourth-order valence-electron chi connectivity index (χ4n) is 3.32. The van der Waals surface area contributed by atoms with Crippen LogP contribution in [0.15, 0.2) is 4.99 Å². The van der Waals surface area contributed by atoms with Gasteiger partial charge in [0, 0.05) is 66.2 Å². The maximum Gasteiger partial charge on any atom is 0.190 e. The number of hydrogen-bond acceptors (Lipinski definition) is 5. The second kappa shape index (κ2) is 15.7. The van der Waals surface area contributed by atoms with Gasteiger partial charge in [-0.3, -0.25) is 9.89 Å². The van der Waals surface area contributed by atoms with Crippen molar-refractivity contribution in [3.8, 4) is 0 Å². The second-order valence-corrected chi connectivity index (χ2v) is 7.38. The van der Waals surface area contributed by atoms with E-state index >= 15 is 0 Å². The van der Waals surface area contributed by atoms with Crippen LogP contribution >= 0.6 is 24.0 Å². The van der Waals surface area contributed by atoms with Crippen LogP contribution in [-0.4, -0.2) is 90.3 Å². The van der Waals surface area contributed by atoms with Crippen molar-refractivity contribution in [1.82, 2.24) is 15.5 Å². The average molecular weight is 498 g/mol. The molecule has 2 aliphatic rings. The third-order valence-corrected chi connectivity index (χ3v) is 4.97. The number of nitrogens with zero attached hydrogens (tertiary/aromatic N) is 2. The van der Waals surface area contributed by atoms with Gasteiger partial charge >= 0.3 is 0 Å². The Morgan fingerprint density at radius 2 is 1.85 bits per heavy atom. The summed E-state index contributed by atoms with van der Waals surface area (Å²) < 4.78 is 16.6. The summed E-state index contributed by atoms with van der Waals surface area (Å²) in [5.41, 5.74) is 0. The molecular weight excluding hydrogens is 459 g/mol. The van der Waals surface area contributed by atoms with Gasteiger partial charge in [-0.25, -0.2) is 0 Å². The summed E-state index contributed by atoms with van der Waals surface area (Å²) in [7, 11) is 1.82. The van der Waals surface area contributed by atoms with E-state index in [1.807, 2.05) is 7.05 Å². The standard InChI is InChI=1S/C19H38N4O3.HI/c1-17(15-23-7-12-25-13-8-23)14-22-19(20-2)21-6-3-9-26-16-18-4-10-24-11-5-18;/h17-18H,3-16H2,1-2H3,(H2,20,21,22);1H. The summed E-state index contributed by atoms with van der Waals surface area (Å²) in [6.07, 6.45) is 3.27. The summed E-state index contributed by atoms with van der Waals surface area (Å²) in [6.45, 7) is 12.5. The molecule has 7 nitrogen and oxygen atoms in total. The molecule has 0 radical (unpaired) electrons. The van der Waals surface area contributed by atoms with Gasteiger partial charge in [-0.15, -0.1) is 24.0 Å². The van der Waals surface area contributed by atoms with Crippen molar-refractivity contribution in [2.75, 3.05) is 79.4 Å². The highest BCUT2D eigenvalue weighted by Crippen LogP contribution is 2.14. The van der Waals surface area contributed by atoms with Gasteiger partial charge in [0.05, 0.1) is 13.2 Å². The van der Waals surface area contributed by atoms with Gasteiger partial charge in [-0.05, 0) is 31.1 Å². The molecule has 8 heteroatoms. The highest BCUT2D eigenvalue weighted by molar-refractivity contribution is 14.0. The lowest BCUT2D eigenvalue weighted by molar-refractivity contribution is 0.0203. The lowest BCUT2D eigenvalue weighted by Gasteiger charge is -2.29. The predicted molar refractivity (Wildman–Crippen MR) is 120 cm³/mol. The molecule has 0 saturated carbocycles. The zero-order valence-electron chi connectivity index (χ0n) is 17.1. The van der Waals surface area contributed by atoms with Gasteiger partial charge in [0.15, 0.2) is 5.96 Å². The van der Waals surface area contributed by atoms with Gasteiger partial charge < -0.3 is 24.8 Å². The minimum atomic E-state index is 0. The summed E-state index contributed by atoms with van der Waals surface area (Å²) in [6, 6.07) is 0. The van der Waals surface area contributed by atoms with E-state index in [0.717, 1.165) is 97.6 Å². The van der Waals surface area contributed by atoms with E-state index in [0.29, 0.717) is 11.8 Å². The first kappa shape index (κ1) is 24.9. The van der Waals surface area contributed by atoms with Crippen molar-refractivity contribution in [3.63, 3.8) is 0 Å². The van der Waals surface area contributed by atoms with Crippen LogP contribution in [0.2, 0.25) is 0 Å². The molecule has 1 unspecified atom stereocenters. The van der Waals surface area contributed by atoms with Crippen molar-refractivity contribution in [1.29, 1.82) is 0 Å². The number of rotatable bonds is 10. The van der Waals surface area contributed by atoms with Crippen LogP contribution in [0.5, 0.6) is 0 Å². The van der Waals surface area contributed by atoms with Gasteiger partial charge in [0.2, 0.25) is 0 Å². The monoisotopic (exact) mass is 498 g/mol. The lowest BCUT2D eigenvalue weighted by Crippen LogP contribution is -2.44. The highest BCUT2D eigenvalue weighted by Gasteiger charge is 2.14. The Labute approximate surface area is 182 Å². The lowest BCUT2D eigenvalue weighted by atomic mass is 10.0. The number of ether oxygens (including phenoxy) is 3. The Balaban J connectivity index is 0.00000364. The molecule has 0 spiro atoms.